The lowest BCUT2D eigenvalue weighted by Gasteiger charge is -2.12. The molecule has 0 aliphatic heterocycles. The number of carboxylic acid groups (broad SMARTS) is 1. The molecule has 0 saturated heterocycles. The molecule has 33 heavy (non-hydrogen) atoms. The van der Waals surface area contributed by atoms with Gasteiger partial charge in [-0.3, -0.25) is 4.79 Å². The Bertz CT molecular complexity index is 1800. The van der Waals surface area contributed by atoms with E-state index in [1.54, 1.807) is 12.1 Å². The van der Waals surface area contributed by atoms with Crippen LogP contribution < -0.4 is 0 Å². The van der Waals surface area contributed by atoms with Crippen LogP contribution in [0.15, 0.2) is 64.9 Å². The third-order valence-electron chi connectivity index (χ3n) is 4.93. The molecule has 0 saturated carbocycles. The van der Waals surface area contributed by atoms with Crippen LogP contribution in [0.5, 0.6) is 0 Å². The van der Waals surface area contributed by atoms with Crippen molar-refractivity contribution in [1.82, 2.24) is 4.98 Å². The van der Waals surface area contributed by atoms with Crippen molar-refractivity contribution >= 4 is 38.0 Å². The van der Waals surface area contributed by atoms with Crippen LogP contribution in [0.2, 0.25) is 0 Å². The van der Waals surface area contributed by atoms with Gasteiger partial charge >= 0.3 is 5.97 Å². The van der Waals surface area contributed by atoms with Crippen LogP contribution in [0.25, 0.3) is 10.9 Å². The average molecular weight is 484 g/mol. The summed E-state index contributed by atoms with van der Waals surface area (Å²) in [5.74, 6) is 1.70. The van der Waals surface area contributed by atoms with Crippen molar-refractivity contribution in [2.75, 3.05) is 5.75 Å². The van der Waals surface area contributed by atoms with E-state index < -0.39 is 44.1 Å². The second-order valence-corrected chi connectivity index (χ2v) is 10.8. The van der Waals surface area contributed by atoms with Crippen LogP contribution in [0, 0.1) is 31.6 Å². The van der Waals surface area contributed by atoms with Gasteiger partial charge in [-0.1, -0.05) is 41.1 Å². The summed E-state index contributed by atoms with van der Waals surface area (Å²) < 4.78 is 75.3. The zero-order chi connectivity index (χ0) is 28.8. The van der Waals surface area contributed by atoms with Crippen molar-refractivity contribution in [3.63, 3.8) is 0 Å². The number of aromatic amines is 1. The van der Waals surface area contributed by atoms with Gasteiger partial charge < -0.3 is 10.1 Å². The topological polar surface area (TPSA) is 87.2 Å². The Labute approximate surface area is 205 Å². The summed E-state index contributed by atoms with van der Waals surface area (Å²) in [5, 5.41) is 9.99. The standard InChI is InChI=1S/C26H23NO4S2/c1-17-3-6-19(7-4-17)8-9-22-10-12-25(32-22)33(30,31)16-21(26(28)29)14-20-15-27-24-11-5-18(2)13-23(20)24/h3-7,10-13,15,21,27H,14,16H2,1-2H3,(H,28,29)/t21-/m1/s1/i5D,10D,11D,12D,13D,15D. The number of hydrogen-bond donors (Lipinski definition) is 2. The summed E-state index contributed by atoms with van der Waals surface area (Å²) in [7, 11) is -4.35. The van der Waals surface area contributed by atoms with Gasteiger partial charge in [0.25, 0.3) is 0 Å². The minimum atomic E-state index is -4.35. The highest BCUT2D eigenvalue weighted by Gasteiger charge is 2.28. The zero-order valence-corrected chi connectivity index (χ0v) is 19.4. The molecule has 2 heterocycles. The third-order valence-corrected chi connectivity index (χ3v) is 8.14. The number of fused-ring (bicyclic) bond motifs is 1. The van der Waals surface area contributed by atoms with Crippen molar-refractivity contribution in [2.45, 2.75) is 24.5 Å². The number of benzene rings is 2. The Morgan fingerprint density at radius 2 is 1.88 bits per heavy atom. The summed E-state index contributed by atoms with van der Waals surface area (Å²) in [4.78, 5) is 14.8. The molecule has 5 nitrogen and oxygen atoms in total. The first kappa shape index (κ1) is 16.3. The molecular formula is C26H23NO4S2. The SMILES string of the molecule is [2H]c1[nH]c2c([2H])c([2H])c(C)c([2H])c2c1C[C@H](CS(=O)(=O)c1sc(C#Cc2ccc(C)cc2)c([2H])c1[2H])C(=O)O. The lowest BCUT2D eigenvalue weighted by atomic mass is 10.00. The monoisotopic (exact) mass is 483 g/mol. The number of thiophene rings is 1. The predicted molar refractivity (Wildman–Crippen MR) is 131 cm³/mol. The largest absolute Gasteiger partial charge is 0.481 e. The molecule has 7 heteroatoms. The van der Waals surface area contributed by atoms with Gasteiger partial charge in [-0.2, -0.15) is 0 Å². The summed E-state index contributed by atoms with van der Waals surface area (Å²) in [6, 6.07) is 5.79. The van der Waals surface area contributed by atoms with Crippen LogP contribution >= 0.6 is 11.3 Å². The van der Waals surface area contributed by atoms with Gasteiger partial charge in [0, 0.05) is 22.6 Å². The maximum absolute atomic E-state index is 13.3. The Morgan fingerprint density at radius 3 is 2.61 bits per heavy atom. The lowest BCUT2D eigenvalue weighted by Crippen LogP contribution is -2.25. The van der Waals surface area contributed by atoms with E-state index in [0.717, 1.165) is 5.56 Å². The Hall–Kier alpha value is -3.34. The summed E-state index contributed by atoms with van der Waals surface area (Å²) >= 11 is 0.642. The van der Waals surface area contributed by atoms with E-state index in [2.05, 4.69) is 16.8 Å². The second kappa shape index (κ2) is 9.26. The number of carboxylic acids is 1. The molecule has 4 aromatic rings. The van der Waals surface area contributed by atoms with Gasteiger partial charge in [-0.15, -0.1) is 11.3 Å². The smallest absolute Gasteiger partial charge is 0.307 e. The fourth-order valence-electron chi connectivity index (χ4n) is 3.19. The molecular weight excluding hydrogens is 454 g/mol. The number of aryl methyl sites for hydroxylation is 1. The quantitative estimate of drug-likeness (QED) is 0.379. The molecule has 0 amide bonds. The third kappa shape index (κ3) is 5.36. The highest BCUT2D eigenvalue weighted by Crippen LogP contribution is 2.27. The fraction of sp³-hybridized carbons (Fsp3) is 0.192. The number of hydrogen-bond acceptors (Lipinski definition) is 4. The molecule has 1 atom stereocenters. The van der Waals surface area contributed by atoms with Crippen molar-refractivity contribution in [3.05, 3.63) is 87.8 Å². The van der Waals surface area contributed by atoms with Gasteiger partial charge in [-0.05, 0) is 62.1 Å². The minimum absolute atomic E-state index is 0.0462. The van der Waals surface area contributed by atoms with E-state index in [-0.39, 0.29) is 57.2 Å². The van der Waals surface area contributed by atoms with Crippen LogP contribution in [0.4, 0.5) is 0 Å². The van der Waals surface area contributed by atoms with Crippen molar-refractivity contribution in [1.29, 1.82) is 0 Å². The number of sulfone groups is 1. The first-order chi connectivity index (χ1) is 18.2. The number of H-pyrrole nitrogens is 1. The van der Waals surface area contributed by atoms with E-state index in [0.29, 0.717) is 16.9 Å². The van der Waals surface area contributed by atoms with Gasteiger partial charge in [-0.25, -0.2) is 8.42 Å². The first-order valence-corrected chi connectivity index (χ1v) is 12.4. The molecule has 2 aromatic heterocycles. The Balaban J connectivity index is 1.69. The second-order valence-electron chi connectivity index (χ2n) is 7.58. The number of carbonyl (C=O) groups is 1. The van der Waals surface area contributed by atoms with Crippen molar-refractivity contribution in [2.24, 2.45) is 5.92 Å². The molecule has 168 valence electrons. The average Bonchev–Trinajstić information content (AvgIpc) is 3.36. The van der Waals surface area contributed by atoms with Crippen molar-refractivity contribution < 1.29 is 26.5 Å². The lowest BCUT2D eigenvalue weighted by molar-refractivity contribution is -0.140. The van der Waals surface area contributed by atoms with E-state index >= 15 is 0 Å². The minimum Gasteiger partial charge on any atom is -0.481 e. The van der Waals surface area contributed by atoms with E-state index in [4.69, 9.17) is 8.22 Å². The zero-order valence-electron chi connectivity index (χ0n) is 23.8. The molecule has 0 radical (unpaired) electrons. The van der Waals surface area contributed by atoms with Crippen LogP contribution in [0.3, 0.4) is 0 Å². The molecule has 0 unspecified atom stereocenters. The van der Waals surface area contributed by atoms with E-state index in [1.165, 1.54) is 6.92 Å². The molecule has 0 aliphatic carbocycles. The number of aromatic nitrogens is 1. The van der Waals surface area contributed by atoms with Gasteiger partial charge in [0.2, 0.25) is 0 Å². The normalized spacial score (nSPS) is 14.8. The Kier molecular flexibility index (Phi) is 4.57. The van der Waals surface area contributed by atoms with Crippen LogP contribution in [0.1, 0.15) is 35.4 Å². The van der Waals surface area contributed by atoms with Gasteiger partial charge in [0.15, 0.2) is 9.84 Å². The maximum atomic E-state index is 13.3. The Morgan fingerprint density at radius 1 is 1.12 bits per heavy atom. The number of nitrogens with one attached hydrogen (secondary N) is 1. The first-order valence-electron chi connectivity index (χ1n) is 12.9. The number of aliphatic carboxylic acids is 1. The molecule has 0 bridgehead atoms. The summed E-state index contributed by atoms with van der Waals surface area (Å²) in [6.45, 7) is 3.40. The highest BCUT2D eigenvalue weighted by atomic mass is 32.2. The van der Waals surface area contributed by atoms with Crippen molar-refractivity contribution in [3.8, 4) is 11.8 Å². The maximum Gasteiger partial charge on any atom is 0.307 e. The van der Waals surface area contributed by atoms with Crippen LogP contribution in [-0.4, -0.2) is 30.2 Å². The molecule has 2 N–H and O–H groups in total. The van der Waals surface area contributed by atoms with E-state index in [1.807, 2.05) is 19.1 Å². The van der Waals surface area contributed by atoms with Crippen LogP contribution in [-0.2, 0) is 21.1 Å². The van der Waals surface area contributed by atoms with Gasteiger partial charge in [0.05, 0.1) is 24.8 Å². The molecule has 4 rings (SSSR count). The molecule has 0 fully saturated rings. The fourth-order valence-corrected chi connectivity index (χ4v) is 5.80. The van der Waals surface area contributed by atoms with Gasteiger partial charge in [0.1, 0.15) is 4.21 Å². The molecule has 0 aliphatic rings. The molecule has 2 aromatic carbocycles. The highest BCUT2D eigenvalue weighted by molar-refractivity contribution is 7.93. The summed E-state index contributed by atoms with van der Waals surface area (Å²) in [6.07, 6.45) is -0.692. The number of rotatable bonds is 6. The summed E-state index contributed by atoms with van der Waals surface area (Å²) in [5.41, 5.74) is 1.99. The molecule has 0 spiro atoms. The van der Waals surface area contributed by atoms with E-state index in [9.17, 15) is 18.3 Å². The predicted octanol–water partition coefficient (Wildman–Crippen LogP) is 4.96.